The lowest BCUT2D eigenvalue weighted by molar-refractivity contribution is -0.129. The Balaban J connectivity index is 1.71. The van der Waals surface area contributed by atoms with Crippen LogP contribution in [0.1, 0.15) is 12.0 Å². The summed E-state index contributed by atoms with van der Waals surface area (Å²) in [7, 11) is 1.58. The van der Waals surface area contributed by atoms with Crippen molar-refractivity contribution in [2.45, 2.75) is 13.3 Å². The molecule has 0 aromatic heterocycles. The first-order valence-electron chi connectivity index (χ1n) is 8.02. The number of aryl methyl sites for hydroxylation is 1. The van der Waals surface area contributed by atoms with Crippen LogP contribution in [0.5, 0.6) is 5.75 Å². The van der Waals surface area contributed by atoms with Crippen LogP contribution in [0.4, 0.5) is 11.4 Å². The third-order valence-corrected chi connectivity index (χ3v) is 4.58. The molecule has 0 bridgehead atoms. The Hall–Kier alpha value is -2.53. The Bertz CT molecular complexity index is 805. The van der Waals surface area contributed by atoms with Gasteiger partial charge in [0.25, 0.3) is 0 Å². The second-order valence-corrected chi connectivity index (χ2v) is 6.41. The molecule has 1 atom stereocenters. The second kappa shape index (κ2) is 7.15. The highest BCUT2D eigenvalue weighted by Crippen LogP contribution is 2.32. The number of carbonyl (C=O) groups is 2. The minimum absolute atomic E-state index is 0.225. The highest BCUT2D eigenvalue weighted by Gasteiger charge is 2.38. The number of carbonyl (C=O) groups excluding carboxylic acids is 2. The number of rotatable bonds is 4. The minimum Gasteiger partial charge on any atom is -0.497 e. The van der Waals surface area contributed by atoms with Gasteiger partial charge < -0.3 is 15.0 Å². The Labute approximate surface area is 151 Å². The van der Waals surface area contributed by atoms with Crippen LogP contribution in [0.25, 0.3) is 0 Å². The Morgan fingerprint density at radius 3 is 2.60 bits per heavy atom. The summed E-state index contributed by atoms with van der Waals surface area (Å²) in [4.78, 5) is 26.7. The quantitative estimate of drug-likeness (QED) is 0.849. The molecule has 0 saturated carbocycles. The van der Waals surface area contributed by atoms with Crippen LogP contribution >= 0.6 is 11.6 Å². The van der Waals surface area contributed by atoms with Crippen LogP contribution in [0.15, 0.2) is 42.5 Å². The van der Waals surface area contributed by atoms with Gasteiger partial charge in [-0.05, 0) is 55.3 Å². The molecule has 25 heavy (non-hydrogen) atoms. The van der Waals surface area contributed by atoms with Gasteiger partial charge in [0.2, 0.25) is 11.8 Å². The van der Waals surface area contributed by atoms with Gasteiger partial charge in [-0.2, -0.15) is 0 Å². The third kappa shape index (κ3) is 3.61. The van der Waals surface area contributed by atoms with Crippen molar-refractivity contribution in [1.82, 2.24) is 0 Å². The van der Waals surface area contributed by atoms with Gasteiger partial charge in [-0.25, -0.2) is 0 Å². The van der Waals surface area contributed by atoms with Crippen LogP contribution in [-0.2, 0) is 9.59 Å². The predicted molar refractivity (Wildman–Crippen MR) is 98.3 cm³/mol. The number of methoxy groups -OCH3 is 1. The molecule has 1 unspecified atom stereocenters. The molecule has 6 heteroatoms. The molecule has 0 spiro atoms. The highest BCUT2D eigenvalue weighted by atomic mass is 35.5. The van der Waals surface area contributed by atoms with Gasteiger partial charge >= 0.3 is 0 Å². The van der Waals surface area contributed by atoms with E-state index in [1.807, 2.05) is 25.1 Å². The smallest absolute Gasteiger partial charge is 0.239 e. The van der Waals surface area contributed by atoms with Crippen molar-refractivity contribution in [3.8, 4) is 5.75 Å². The number of nitrogens with one attached hydrogen (secondary N) is 1. The summed E-state index contributed by atoms with van der Waals surface area (Å²) < 4.78 is 5.09. The van der Waals surface area contributed by atoms with Crippen LogP contribution in [-0.4, -0.2) is 25.5 Å². The Kier molecular flexibility index (Phi) is 4.95. The molecule has 1 heterocycles. The van der Waals surface area contributed by atoms with Crippen LogP contribution in [0, 0.1) is 12.8 Å². The zero-order valence-corrected chi connectivity index (χ0v) is 14.8. The average Bonchev–Trinajstić information content (AvgIpc) is 2.97. The molecule has 130 valence electrons. The van der Waals surface area contributed by atoms with E-state index < -0.39 is 5.92 Å². The topological polar surface area (TPSA) is 58.6 Å². The van der Waals surface area contributed by atoms with E-state index in [1.165, 1.54) is 0 Å². The molecular weight excluding hydrogens is 340 g/mol. The average molecular weight is 359 g/mol. The zero-order valence-electron chi connectivity index (χ0n) is 14.1. The lowest BCUT2D eigenvalue weighted by Crippen LogP contribution is -2.33. The van der Waals surface area contributed by atoms with Gasteiger partial charge in [-0.15, -0.1) is 0 Å². The number of amides is 2. The predicted octanol–water partition coefficient (Wildman–Crippen LogP) is 3.65. The molecule has 1 N–H and O–H groups in total. The van der Waals surface area contributed by atoms with Gasteiger partial charge in [-0.1, -0.05) is 17.7 Å². The first-order chi connectivity index (χ1) is 12.0. The molecule has 2 amide bonds. The number of hydrogen-bond acceptors (Lipinski definition) is 3. The van der Waals surface area contributed by atoms with E-state index in [4.69, 9.17) is 16.3 Å². The number of hydrogen-bond donors (Lipinski definition) is 1. The fourth-order valence-corrected chi connectivity index (χ4v) is 3.23. The molecule has 1 aliphatic rings. The van der Waals surface area contributed by atoms with Crippen molar-refractivity contribution in [3.05, 3.63) is 53.1 Å². The van der Waals surface area contributed by atoms with E-state index in [9.17, 15) is 9.59 Å². The summed E-state index contributed by atoms with van der Waals surface area (Å²) >= 11 is 6.25. The maximum atomic E-state index is 12.7. The molecule has 0 radical (unpaired) electrons. The summed E-state index contributed by atoms with van der Waals surface area (Å²) in [5.74, 6) is -0.535. The summed E-state index contributed by atoms with van der Waals surface area (Å²) in [5.41, 5.74) is 2.30. The molecule has 1 aliphatic heterocycles. The van der Waals surface area contributed by atoms with Crippen LogP contribution in [0.2, 0.25) is 5.02 Å². The first-order valence-corrected chi connectivity index (χ1v) is 8.40. The van der Waals surface area contributed by atoms with Crippen molar-refractivity contribution >= 4 is 34.8 Å². The molecular formula is C19H19ClN2O3. The summed E-state index contributed by atoms with van der Waals surface area (Å²) in [6.07, 6.45) is 0.463. The van der Waals surface area contributed by atoms with E-state index in [0.717, 1.165) is 5.56 Å². The largest absolute Gasteiger partial charge is 0.497 e. The van der Waals surface area contributed by atoms with Gasteiger partial charge in [0.1, 0.15) is 11.7 Å². The van der Waals surface area contributed by atoms with E-state index in [1.54, 1.807) is 36.3 Å². The lowest BCUT2D eigenvalue weighted by Gasteiger charge is -2.18. The number of anilines is 2. The van der Waals surface area contributed by atoms with Gasteiger partial charge in [0.05, 0.1) is 17.8 Å². The standard InChI is InChI=1S/C19H19ClN2O3/c1-12-3-8-17(16(20)11-12)22-10-9-15(19(22)24)18(23)21-13-4-6-14(25-2)7-5-13/h3-8,11,15H,9-10H2,1-2H3,(H,21,23). The van der Waals surface area contributed by atoms with E-state index in [2.05, 4.69) is 5.32 Å². The summed E-state index contributed by atoms with van der Waals surface area (Å²) in [6, 6.07) is 12.5. The number of halogens is 1. The summed E-state index contributed by atoms with van der Waals surface area (Å²) in [5, 5.41) is 3.30. The van der Waals surface area contributed by atoms with E-state index in [-0.39, 0.29) is 11.8 Å². The van der Waals surface area contributed by atoms with E-state index in [0.29, 0.717) is 35.1 Å². The molecule has 2 aromatic carbocycles. The highest BCUT2D eigenvalue weighted by molar-refractivity contribution is 6.34. The van der Waals surface area contributed by atoms with E-state index >= 15 is 0 Å². The molecule has 2 aromatic rings. The van der Waals surface area contributed by atoms with Gasteiger partial charge in [0.15, 0.2) is 0 Å². The first kappa shape index (κ1) is 17.3. The Morgan fingerprint density at radius 2 is 1.96 bits per heavy atom. The van der Waals surface area contributed by atoms with Crippen molar-refractivity contribution in [1.29, 1.82) is 0 Å². The molecule has 3 rings (SSSR count). The molecule has 5 nitrogen and oxygen atoms in total. The number of benzene rings is 2. The number of ether oxygens (including phenoxy) is 1. The maximum Gasteiger partial charge on any atom is 0.239 e. The third-order valence-electron chi connectivity index (χ3n) is 4.27. The normalized spacial score (nSPS) is 16.8. The van der Waals surface area contributed by atoms with Crippen molar-refractivity contribution in [2.24, 2.45) is 5.92 Å². The fraction of sp³-hybridized carbons (Fsp3) is 0.263. The van der Waals surface area contributed by atoms with Crippen LogP contribution in [0.3, 0.4) is 0 Å². The van der Waals surface area contributed by atoms with Crippen LogP contribution < -0.4 is 15.0 Å². The van der Waals surface area contributed by atoms with Crippen molar-refractivity contribution in [3.63, 3.8) is 0 Å². The second-order valence-electron chi connectivity index (χ2n) is 6.00. The fourth-order valence-electron chi connectivity index (χ4n) is 2.90. The molecule has 1 fully saturated rings. The lowest BCUT2D eigenvalue weighted by atomic mass is 10.1. The molecule has 0 aliphatic carbocycles. The van der Waals surface area contributed by atoms with Crippen molar-refractivity contribution in [2.75, 3.05) is 23.9 Å². The van der Waals surface area contributed by atoms with Crippen molar-refractivity contribution < 1.29 is 14.3 Å². The maximum absolute atomic E-state index is 12.7. The van der Waals surface area contributed by atoms with Gasteiger partial charge in [0, 0.05) is 12.2 Å². The SMILES string of the molecule is COc1ccc(NC(=O)C2CCN(c3ccc(C)cc3Cl)C2=O)cc1. The molecule has 1 saturated heterocycles. The monoisotopic (exact) mass is 358 g/mol. The Morgan fingerprint density at radius 1 is 1.24 bits per heavy atom. The number of nitrogens with zero attached hydrogens (tertiary/aromatic N) is 1. The van der Waals surface area contributed by atoms with Gasteiger partial charge in [-0.3, -0.25) is 9.59 Å². The zero-order chi connectivity index (χ0) is 18.0. The summed E-state index contributed by atoms with van der Waals surface area (Å²) in [6.45, 7) is 2.41. The minimum atomic E-state index is -0.709.